The first-order valence-electron chi connectivity index (χ1n) is 10.3. The van der Waals surface area contributed by atoms with Gasteiger partial charge in [-0.1, -0.05) is 16.8 Å². The van der Waals surface area contributed by atoms with Gasteiger partial charge in [0.05, 0.1) is 11.9 Å². The summed E-state index contributed by atoms with van der Waals surface area (Å²) in [6, 6.07) is 4.79. The Morgan fingerprint density at radius 2 is 2.06 bits per heavy atom. The van der Waals surface area contributed by atoms with Gasteiger partial charge in [-0.3, -0.25) is 4.79 Å². The summed E-state index contributed by atoms with van der Waals surface area (Å²) in [4.78, 5) is 23.3. The molecule has 32 heavy (non-hydrogen) atoms. The van der Waals surface area contributed by atoms with Gasteiger partial charge in [-0.15, -0.1) is 0 Å². The Hall–Kier alpha value is -3.24. The van der Waals surface area contributed by atoms with Crippen LogP contribution in [0.25, 0.3) is 0 Å². The molecule has 2 aliphatic heterocycles. The van der Waals surface area contributed by atoms with E-state index < -0.39 is 5.82 Å². The van der Waals surface area contributed by atoms with Crippen LogP contribution in [0.5, 0.6) is 0 Å². The second-order valence-corrected chi connectivity index (χ2v) is 8.27. The van der Waals surface area contributed by atoms with E-state index in [-0.39, 0.29) is 34.4 Å². The van der Waals surface area contributed by atoms with Crippen LogP contribution in [0.3, 0.4) is 0 Å². The molecule has 0 spiro atoms. The summed E-state index contributed by atoms with van der Waals surface area (Å²) in [7, 11) is 0. The zero-order chi connectivity index (χ0) is 22.2. The molecule has 1 saturated heterocycles. The third-order valence-corrected chi connectivity index (χ3v) is 5.92. The van der Waals surface area contributed by atoms with Gasteiger partial charge in [-0.25, -0.2) is 9.37 Å². The molecular formula is C21H21ClFN7O2. The van der Waals surface area contributed by atoms with Crippen LogP contribution < -0.4 is 16.0 Å². The number of rotatable bonds is 5. The Morgan fingerprint density at radius 3 is 2.81 bits per heavy atom. The number of benzene rings is 1. The summed E-state index contributed by atoms with van der Waals surface area (Å²) in [5.41, 5.74) is 1.31. The molecule has 2 aliphatic rings. The predicted molar refractivity (Wildman–Crippen MR) is 117 cm³/mol. The quantitative estimate of drug-likeness (QED) is 0.531. The summed E-state index contributed by atoms with van der Waals surface area (Å²) in [5.74, 6) is 0.907. The van der Waals surface area contributed by atoms with E-state index in [4.69, 9.17) is 16.1 Å². The van der Waals surface area contributed by atoms with Crippen LogP contribution in [-0.4, -0.2) is 45.1 Å². The molecule has 0 atom stereocenters. The molecule has 166 valence electrons. The van der Waals surface area contributed by atoms with Crippen molar-refractivity contribution in [2.75, 3.05) is 23.7 Å². The molecule has 1 amide bonds. The van der Waals surface area contributed by atoms with Gasteiger partial charge in [0.25, 0.3) is 5.91 Å². The van der Waals surface area contributed by atoms with Crippen molar-refractivity contribution in [2.45, 2.75) is 32.4 Å². The fourth-order valence-corrected chi connectivity index (χ4v) is 4.18. The second-order valence-electron chi connectivity index (χ2n) is 7.87. The lowest BCUT2D eigenvalue weighted by Gasteiger charge is -2.31. The van der Waals surface area contributed by atoms with Crippen LogP contribution in [0.15, 0.2) is 28.9 Å². The molecule has 0 saturated carbocycles. The fourth-order valence-electron chi connectivity index (χ4n) is 4.05. The first-order chi connectivity index (χ1) is 15.5. The van der Waals surface area contributed by atoms with Crippen LogP contribution in [-0.2, 0) is 6.54 Å². The number of carbonyl (C=O) groups excluding carboxylic acids is 1. The molecule has 3 aromatic rings. The molecule has 0 unspecified atom stereocenters. The minimum atomic E-state index is -0.483. The van der Waals surface area contributed by atoms with Gasteiger partial charge in [0.2, 0.25) is 5.95 Å². The molecule has 2 aromatic heterocycles. The fraction of sp³-hybridized carbons (Fsp3) is 0.333. The summed E-state index contributed by atoms with van der Waals surface area (Å²) in [6.07, 6.45) is 3.18. The van der Waals surface area contributed by atoms with Crippen molar-refractivity contribution in [1.82, 2.24) is 25.3 Å². The number of piperidine rings is 1. The Labute approximate surface area is 188 Å². The topological polar surface area (TPSA) is 108 Å². The van der Waals surface area contributed by atoms with E-state index in [1.165, 1.54) is 18.3 Å². The smallest absolute Gasteiger partial charge is 0.254 e. The number of aromatic nitrogens is 3. The third-order valence-electron chi connectivity index (χ3n) is 5.64. The van der Waals surface area contributed by atoms with Crippen molar-refractivity contribution in [3.63, 3.8) is 0 Å². The molecule has 0 aliphatic carbocycles. The van der Waals surface area contributed by atoms with E-state index in [0.29, 0.717) is 29.2 Å². The van der Waals surface area contributed by atoms with E-state index in [2.05, 4.69) is 31.1 Å². The van der Waals surface area contributed by atoms with Crippen molar-refractivity contribution in [2.24, 2.45) is 0 Å². The Bertz CT molecular complexity index is 1180. The number of hydrogen-bond acceptors (Lipinski definition) is 8. The number of hydrogen-bond donors (Lipinski definition) is 3. The highest BCUT2D eigenvalue weighted by atomic mass is 35.5. The van der Waals surface area contributed by atoms with Gasteiger partial charge in [-0.2, -0.15) is 4.98 Å². The lowest BCUT2D eigenvalue weighted by molar-refractivity contribution is 0.0668. The lowest BCUT2D eigenvalue weighted by Crippen LogP contribution is -2.43. The average molecular weight is 458 g/mol. The zero-order valence-corrected chi connectivity index (χ0v) is 18.0. The predicted octanol–water partition coefficient (Wildman–Crippen LogP) is 3.76. The summed E-state index contributed by atoms with van der Waals surface area (Å²) in [6.45, 7) is 3.95. The average Bonchev–Trinajstić information content (AvgIpc) is 3.34. The van der Waals surface area contributed by atoms with Crippen molar-refractivity contribution < 1.29 is 13.7 Å². The third kappa shape index (κ3) is 3.98. The van der Waals surface area contributed by atoms with Gasteiger partial charge in [0.1, 0.15) is 16.6 Å². The van der Waals surface area contributed by atoms with E-state index in [0.717, 1.165) is 25.9 Å². The van der Waals surface area contributed by atoms with E-state index in [9.17, 15) is 9.18 Å². The van der Waals surface area contributed by atoms with Gasteiger partial charge < -0.3 is 25.4 Å². The normalized spacial score (nSPS) is 16.3. The molecule has 11 heteroatoms. The maximum Gasteiger partial charge on any atom is 0.254 e. The first kappa shape index (κ1) is 20.7. The number of nitrogens with zero attached hydrogens (tertiary/aromatic N) is 4. The Morgan fingerprint density at radius 1 is 1.25 bits per heavy atom. The van der Waals surface area contributed by atoms with Crippen LogP contribution in [0.2, 0.25) is 5.02 Å². The van der Waals surface area contributed by atoms with Crippen molar-refractivity contribution in [3.05, 3.63) is 52.1 Å². The number of nitrogens with one attached hydrogen (secondary N) is 3. The molecule has 1 aromatic carbocycles. The van der Waals surface area contributed by atoms with Crippen LogP contribution >= 0.6 is 11.6 Å². The zero-order valence-electron chi connectivity index (χ0n) is 17.3. The number of amides is 1. The van der Waals surface area contributed by atoms with Crippen molar-refractivity contribution in [3.8, 4) is 0 Å². The second kappa shape index (κ2) is 8.36. The summed E-state index contributed by atoms with van der Waals surface area (Å²) in [5, 5.41) is 13.2. The Balaban J connectivity index is 1.37. The van der Waals surface area contributed by atoms with E-state index in [1.54, 1.807) is 13.0 Å². The number of aryl methyl sites for hydroxylation is 1. The van der Waals surface area contributed by atoms with Gasteiger partial charge in [0.15, 0.2) is 11.6 Å². The number of halogens is 2. The highest BCUT2D eigenvalue weighted by Crippen LogP contribution is 2.32. The van der Waals surface area contributed by atoms with Crippen molar-refractivity contribution >= 4 is 40.8 Å². The Kier molecular flexibility index (Phi) is 5.40. The molecule has 1 fully saturated rings. The van der Waals surface area contributed by atoms with E-state index in [1.807, 2.05) is 4.90 Å². The SMILES string of the molecule is Cc1cc(Nc2nc(Nc3cc4c(cc3F)CN(C3CCNCC3)C4=O)ncc2Cl)no1. The standard InChI is InChI=1S/C21H21ClFN7O2/c1-11-6-18(29-32-11)27-19-15(22)9-25-21(28-19)26-17-8-14-12(7-16(17)23)10-30(20(14)31)13-2-4-24-5-3-13/h6-9,13,24H,2-5,10H2,1H3,(H2,25,26,27,28,29). The molecule has 0 radical (unpaired) electrons. The van der Waals surface area contributed by atoms with Gasteiger partial charge in [0, 0.05) is 24.2 Å². The maximum atomic E-state index is 14.8. The molecule has 0 bridgehead atoms. The van der Waals surface area contributed by atoms with Crippen LogP contribution in [0.1, 0.15) is 34.5 Å². The summed E-state index contributed by atoms with van der Waals surface area (Å²) >= 11 is 6.17. The van der Waals surface area contributed by atoms with Gasteiger partial charge >= 0.3 is 0 Å². The molecule has 5 rings (SSSR count). The number of carbonyl (C=O) groups is 1. The largest absolute Gasteiger partial charge is 0.360 e. The molecule has 4 heterocycles. The highest BCUT2D eigenvalue weighted by molar-refractivity contribution is 6.32. The van der Waals surface area contributed by atoms with Crippen molar-refractivity contribution in [1.29, 1.82) is 0 Å². The summed E-state index contributed by atoms with van der Waals surface area (Å²) < 4.78 is 19.9. The maximum absolute atomic E-state index is 14.8. The molecule has 9 nitrogen and oxygen atoms in total. The molecular weight excluding hydrogens is 437 g/mol. The highest BCUT2D eigenvalue weighted by Gasteiger charge is 2.34. The van der Waals surface area contributed by atoms with Crippen LogP contribution in [0.4, 0.5) is 27.7 Å². The molecule has 3 N–H and O–H groups in total. The monoisotopic (exact) mass is 457 g/mol. The van der Waals surface area contributed by atoms with E-state index >= 15 is 0 Å². The van der Waals surface area contributed by atoms with Crippen LogP contribution in [0, 0.1) is 12.7 Å². The van der Waals surface area contributed by atoms with Gasteiger partial charge in [-0.05, 0) is 50.6 Å². The minimum absolute atomic E-state index is 0.0734. The minimum Gasteiger partial charge on any atom is -0.360 e. The first-order valence-corrected chi connectivity index (χ1v) is 10.7. The lowest BCUT2D eigenvalue weighted by atomic mass is 10.1. The number of anilines is 4. The number of fused-ring (bicyclic) bond motifs is 1.